The molecule has 1 aliphatic carbocycles. The number of amides is 1. The molecular weight excluding hydrogens is 200 g/mol. The standard InChI is InChI=1S/C13H26N2O/c1-4-11(14)9-13(16)15(3)12-8-6-5-7-10(12)2/h10-12H,4-9,14H2,1-3H3. The first kappa shape index (κ1) is 13.5. The fourth-order valence-corrected chi connectivity index (χ4v) is 2.57. The van der Waals surface area contributed by atoms with Crippen LogP contribution in [0, 0.1) is 5.92 Å². The van der Waals surface area contributed by atoms with Crippen molar-refractivity contribution in [1.29, 1.82) is 0 Å². The average molecular weight is 226 g/mol. The molecule has 1 aliphatic rings. The number of nitrogens with zero attached hydrogens (tertiary/aromatic N) is 1. The third-order valence-corrected chi connectivity index (χ3v) is 3.92. The molecule has 0 bridgehead atoms. The number of hydrogen-bond acceptors (Lipinski definition) is 2. The van der Waals surface area contributed by atoms with Crippen LogP contribution in [0.25, 0.3) is 0 Å². The van der Waals surface area contributed by atoms with Gasteiger partial charge in [-0.3, -0.25) is 4.79 Å². The largest absolute Gasteiger partial charge is 0.342 e. The van der Waals surface area contributed by atoms with E-state index in [0.717, 1.165) is 12.8 Å². The van der Waals surface area contributed by atoms with Crippen molar-refractivity contribution in [2.75, 3.05) is 7.05 Å². The van der Waals surface area contributed by atoms with E-state index in [9.17, 15) is 4.79 Å². The first-order valence-corrected chi connectivity index (χ1v) is 6.57. The van der Waals surface area contributed by atoms with Crippen LogP contribution in [0.5, 0.6) is 0 Å². The number of carbonyl (C=O) groups is 1. The van der Waals surface area contributed by atoms with E-state index in [1.807, 2.05) is 18.9 Å². The summed E-state index contributed by atoms with van der Waals surface area (Å²) in [4.78, 5) is 13.9. The molecule has 1 saturated carbocycles. The minimum atomic E-state index is 0.0221. The van der Waals surface area contributed by atoms with Crippen LogP contribution in [0.3, 0.4) is 0 Å². The topological polar surface area (TPSA) is 46.3 Å². The highest BCUT2D eigenvalue weighted by Gasteiger charge is 2.28. The van der Waals surface area contributed by atoms with Crippen molar-refractivity contribution in [1.82, 2.24) is 4.90 Å². The molecular formula is C13H26N2O. The van der Waals surface area contributed by atoms with Crippen molar-refractivity contribution < 1.29 is 4.79 Å². The zero-order chi connectivity index (χ0) is 12.1. The van der Waals surface area contributed by atoms with Crippen molar-refractivity contribution >= 4 is 5.91 Å². The van der Waals surface area contributed by atoms with Crippen molar-refractivity contribution in [3.05, 3.63) is 0 Å². The number of nitrogens with two attached hydrogens (primary N) is 1. The second-order valence-corrected chi connectivity index (χ2v) is 5.21. The van der Waals surface area contributed by atoms with Gasteiger partial charge in [0.2, 0.25) is 5.91 Å². The van der Waals surface area contributed by atoms with Gasteiger partial charge in [0.15, 0.2) is 0 Å². The molecule has 3 unspecified atom stereocenters. The molecule has 1 rings (SSSR count). The predicted octanol–water partition coefficient (Wildman–Crippen LogP) is 2.15. The summed E-state index contributed by atoms with van der Waals surface area (Å²) in [5.74, 6) is 0.855. The average Bonchev–Trinajstić information content (AvgIpc) is 2.28. The number of carbonyl (C=O) groups excluding carboxylic acids is 1. The Morgan fingerprint density at radius 1 is 1.44 bits per heavy atom. The summed E-state index contributed by atoms with van der Waals surface area (Å²) in [5, 5.41) is 0. The van der Waals surface area contributed by atoms with E-state index in [4.69, 9.17) is 5.73 Å². The van der Waals surface area contributed by atoms with E-state index in [-0.39, 0.29) is 11.9 Å². The molecule has 0 saturated heterocycles. The molecule has 16 heavy (non-hydrogen) atoms. The Morgan fingerprint density at radius 3 is 2.62 bits per heavy atom. The van der Waals surface area contributed by atoms with Gasteiger partial charge in [0.05, 0.1) is 0 Å². The molecule has 3 nitrogen and oxygen atoms in total. The summed E-state index contributed by atoms with van der Waals surface area (Å²) in [7, 11) is 1.94. The Labute approximate surface area is 99.4 Å². The highest BCUT2D eigenvalue weighted by Crippen LogP contribution is 2.27. The molecule has 1 amide bonds. The molecule has 0 aliphatic heterocycles. The fraction of sp³-hybridized carbons (Fsp3) is 0.923. The summed E-state index contributed by atoms with van der Waals surface area (Å²) in [6, 6.07) is 0.458. The van der Waals surface area contributed by atoms with Crippen LogP contribution in [0.15, 0.2) is 0 Å². The zero-order valence-corrected chi connectivity index (χ0v) is 10.9. The third kappa shape index (κ3) is 3.48. The first-order chi connectivity index (χ1) is 7.56. The van der Waals surface area contributed by atoms with E-state index in [0.29, 0.717) is 18.4 Å². The number of hydrogen-bond donors (Lipinski definition) is 1. The lowest BCUT2D eigenvalue weighted by Gasteiger charge is -2.36. The maximum Gasteiger partial charge on any atom is 0.224 e. The SMILES string of the molecule is CCC(N)CC(=O)N(C)C1CCCCC1C. The van der Waals surface area contributed by atoms with Crippen LogP contribution in [-0.4, -0.2) is 29.9 Å². The van der Waals surface area contributed by atoms with Crippen molar-refractivity contribution in [2.24, 2.45) is 11.7 Å². The van der Waals surface area contributed by atoms with Crippen molar-refractivity contribution in [3.63, 3.8) is 0 Å². The third-order valence-electron chi connectivity index (χ3n) is 3.92. The normalized spacial score (nSPS) is 27.5. The molecule has 0 aromatic carbocycles. The van der Waals surface area contributed by atoms with Crippen LogP contribution in [0.1, 0.15) is 52.4 Å². The van der Waals surface area contributed by atoms with Crippen LogP contribution < -0.4 is 5.73 Å². The van der Waals surface area contributed by atoms with Gasteiger partial charge in [-0.2, -0.15) is 0 Å². The van der Waals surface area contributed by atoms with Gasteiger partial charge in [0.25, 0.3) is 0 Å². The molecule has 0 spiro atoms. The summed E-state index contributed by atoms with van der Waals surface area (Å²) in [6.07, 6.45) is 6.35. The summed E-state index contributed by atoms with van der Waals surface area (Å²) < 4.78 is 0. The zero-order valence-electron chi connectivity index (χ0n) is 10.9. The lowest BCUT2D eigenvalue weighted by molar-refractivity contribution is -0.133. The second kappa shape index (κ2) is 6.24. The second-order valence-electron chi connectivity index (χ2n) is 5.21. The van der Waals surface area contributed by atoms with E-state index >= 15 is 0 Å². The smallest absolute Gasteiger partial charge is 0.224 e. The van der Waals surface area contributed by atoms with E-state index in [2.05, 4.69) is 6.92 Å². The van der Waals surface area contributed by atoms with Crippen LogP contribution in [-0.2, 0) is 4.79 Å². The maximum absolute atomic E-state index is 12.0. The minimum absolute atomic E-state index is 0.0221. The van der Waals surface area contributed by atoms with Gasteiger partial charge in [-0.15, -0.1) is 0 Å². The molecule has 3 atom stereocenters. The predicted molar refractivity (Wildman–Crippen MR) is 67.1 cm³/mol. The Bertz CT molecular complexity index is 230. The first-order valence-electron chi connectivity index (χ1n) is 6.57. The summed E-state index contributed by atoms with van der Waals surface area (Å²) >= 11 is 0. The Kier molecular flexibility index (Phi) is 5.26. The highest BCUT2D eigenvalue weighted by molar-refractivity contribution is 5.76. The van der Waals surface area contributed by atoms with Crippen molar-refractivity contribution in [2.45, 2.75) is 64.5 Å². The highest BCUT2D eigenvalue weighted by atomic mass is 16.2. The summed E-state index contributed by atoms with van der Waals surface area (Å²) in [5.41, 5.74) is 5.83. The molecule has 0 radical (unpaired) electrons. The monoisotopic (exact) mass is 226 g/mol. The van der Waals surface area contributed by atoms with Crippen molar-refractivity contribution in [3.8, 4) is 0 Å². The Morgan fingerprint density at radius 2 is 2.06 bits per heavy atom. The molecule has 3 heteroatoms. The fourth-order valence-electron chi connectivity index (χ4n) is 2.57. The van der Waals surface area contributed by atoms with E-state index in [1.54, 1.807) is 0 Å². The van der Waals surface area contributed by atoms with Gasteiger partial charge in [0.1, 0.15) is 0 Å². The maximum atomic E-state index is 12.0. The number of rotatable bonds is 4. The van der Waals surface area contributed by atoms with E-state index < -0.39 is 0 Å². The van der Waals surface area contributed by atoms with E-state index in [1.165, 1.54) is 19.3 Å². The quantitative estimate of drug-likeness (QED) is 0.798. The van der Waals surface area contributed by atoms with Gasteiger partial charge < -0.3 is 10.6 Å². The molecule has 0 heterocycles. The van der Waals surface area contributed by atoms with Gasteiger partial charge in [0, 0.05) is 25.6 Å². The van der Waals surface area contributed by atoms with Crippen LogP contribution in [0.4, 0.5) is 0 Å². The van der Waals surface area contributed by atoms with Gasteiger partial charge in [-0.1, -0.05) is 26.7 Å². The lowest BCUT2D eigenvalue weighted by atomic mass is 9.85. The van der Waals surface area contributed by atoms with Gasteiger partial charge in [-0.05, 0) is 25.2 Å². The molecule has 0 aromatic rings. The minimum Gasteiger partial charge on any atom is -0.342 e. The lowest BCUT2D eigenvalue weighted by Crippen LogP contribution is -2.44. The molecule has 0 aromatic heterocycles. The summed E-state index contributed by atoms with van der Waals surface area (Å²) in [6.45, 7) is 4.29. The van der Waals surface area contributed by atoms with Gasteiger partial charge in [-0.25, -0.2) is 0 Å². The molecule has 1 fully saturated rings. The Hall–Kier alpha value is -0.570. The van der Waals surface area contributed by atoms with Gasteiger partial charge >= 0.3 is 0 Å². The molecule has 2 N–H and O–H groups in total. The van der Waals surface area contributed by atoms with Crippen LogP contribution >= 0.6 is 0 Å². The van der Waals surface area contributed by atoms with Crippen LogP contribution in [0.2, 0.25) is 0 Å². The molecule has 94 valence electrons. The Balaban J connectivity index is 2.48.